The van der Waals surface area contributed by atoms with Crippen molar-refractivity contribution in [2.75, 3.05) is 4.90 Å². The van der Waals surface area contributed by atoms with E-state index in [1.54, 1.807) is 19.2 Å². The van der Waals surface area contributed by atoms with Gasteiger partial charge in [-0.3, -0.25) is 9.78 Å². The van der Waals surface area contributed by atoms with Gasteiger partial charge in [-0.1, -0.05) is 11.6 Å². The molecule has 172 valence electrons. The third-order valence-electron chi connectivity index (χ3n) is 6.84. The summed E-state index contributed by atoms with van der Waals surface area (Å²) in [5.41, 5.74) is 7.76. The number of alkyl halides is 1. The van der Waals surface area contributed by atoms with Gasteiger partial charge < -0.3 is 15.7 Å². The van der Waals surface area contributed by atoms with Crippen molar-refractivity contribution in [2.24, 2.45) is 12.8 Å². The number of H-pyrrole nitrogens is 1. The second-order valence-corrected chi connectivity index (χ2v) is 9.07. The van der Waals surface area contributed by atoms with Crippen LogP contribution in [0.25, 0.3) is 33.3 Å². The number of aromatic amines is 1. The molecule has 0 amide bonds. The van der Waals surface area contributed by atoms with Gasteiger partial charge in [0, 0.05) is 24.7 Å². The molecule has 4 atom stereocenters. The van der Waals surface area contributed by atoms with Crippen molar-refractivity contribution >= 4 is 39.5 Å². The van der Waals surface area contributed by atoms with Crippen LogP contribution in [0, 0.1) is 5.82 Å². The number of halogens is 3. The van der Waals surface area contributed by atoms with Crippen molar-refractivity contribution in [3.05, 3.63) is 28.8 Å². The van der Waals surface area contributed by atoms with E-state index in [0.717, 1.165) is 6.42 Å². The number of anilines is 1. The molecule has 33 heavy (non-hydrogen) atoms. The molecule has 9 nitrogen and oxygen atoms in total. The molecule has 6 rings (SSSR count). The molecule has 0 aliphatic carbocycles. The van der Waals surface area contributed by atoms with Gasteiger partial charge in [-0.25, -0.2) is 18.7 Å². The van der Waals surface area contributed by atoms with Crippen LogP contribution in [0.3, 0.4) is 0 Å². The summed E-state index contributed by atoms with van der Waals surface area (Å²) < 4.78 is 31.7. The number of aryl methyl sites for hydroxylation is 1. The molecule has 12 heteroatoms. The smallest absolute Gasteiger partial charge is 0.202 e. The maximum atomic E-state index is 15.4. The Labute approximate surface area is 191 Å². The lowest BCUT2D eigenvalue weighted by Crippen LogP contribution is -2.56. The number of nitrogens with zero attached hydrogens (tertiary/aromatic N) is 6. The summed E-state index contributed by atoms with van der Waals surface area (Å²) in [6, 6.07) is 2.34. The molecule has 2 bridgehead atoms. The second kappa shape index (κ2) is 7.31. The molecule has 5 heterocycles. The van der Waals surface area contributed by atoms with E-state index in [-0.39, 0.29) is 33.5 Å². The Morgan fingerprint density at radius 3 is 2.91 bits per heavy atom. The number of fused-ring (bicyclic) bond motifs is 4. The van der Waals surface area contributed by atoms with Gasteiger partial charge >= 0.3 is 0 Å². The summed E-state index contributed by atoms with van der Waals surface area (Å²) in [6.07, 6.45) is 0.775. The van der Waals surface area contributed by atoms with Crippen LogP contribution in [-0.2, 0) is 13.7 Å². The fourth-order valence-electron chi connectivity index (χ4n) is 5.28. The lowest BCUT2D eigenvalue weighted by atomic mass is 9.96. The molecule has 0 spiro atoms. The van der Waals surface area contributed by atoms with Crippen LogP contribution < -0.4 is 10.6 Å². The van der Waals surface area contributed by atoms with Crippen LogP contribution in [0.2, 0.25) is 5.15 Å². The van der Waals surface area contributed by atoms with E-state index in [1.165, 1.54) is 4.68 Å². The zero-order valence-corrected chi connectivity index (χ0v) is 18.4. The normalized spacial score (nSPS) is 25.0. The van der Waals surface area contributed by atoms with E-state index in [4.69, 9.17) is 17.3 Å². The summed E-state index contributed by atoms with van der Waals surface area (Å²) in [4.78, 5) is 11.1. The first-order valence-corrected chi connectivity index (χ1v) is 11.1. The predicted molar refractivity (Wildman–Crippen MR) is 119 cm³/mol. The average Bonchev–Trinajstić information content (AvgIpc) is 3.45. The zero-order valence-electron chi connectivity index (χ0n) is 17.6. The summed E-state index contributed by atoms with van der Waals surface area (Å²) >= 11 is 6.24. The van der Waals surface area contributed by atoms with Crippen LogP contribution in [0.5, 0.6) is 0 Å². The van der Waals surface area contributed by atoms with E-state index < -0.39 is 30.7 Å². The van der Waals surface area contributed by atoms with Crippen molar-refractivity contribution in [1.82, 2.24) is 29.9 Å². The Bertz CT molecular complexity index is 1400. The highest BCUT2D eigenvalue weighted by molar-refractivity contribution is 6.34. The Morgan fingerprint density at radius 1 is 1.30 bits per heavy atom. The Hall–Kier alpha value is -2.89. The van der Waals surface area contributed by atoms with Crippen molar-refractivity contribution in [2.45, 2.75) is 50.2 Å². The van der Waals surface area contributed by atoms with E-state index in [1.807, 2.05) is 4.90 Å². The largest absolute Gasteiger partial charge is 0.390 e. The molecule has 2 saturated heterocycles. The maximum absolute atomic E-state index is 15.4. The standard InChI is InChI=1S/C21H21ClF2N8O/c1-31-19(22)14-11(30-31)4-3-9(15(14)23)17-18-20(29-28-17)27-21(12(7-33)26-18)32-8-2-5-13(32)16(24)10(25)6-8/h3-4,8,10,13,16,33H,2,5-7,25H2,1H3,(H,27,28,29)/t8-,10+,13-,16+/m1/s1. The fourth-order valence-corrected chi connectivity index (χ4v) is 5.50. The second-order valence-electron chi connectivity index (χ2n) is 8.71. The summed E-state index contributed by atoms with van der Waals surface area (Å²) in [7, 11) is 1.64. The van der Waals surface area contributed by atoms with Crippen LogP contribution >= 0.6 is 11.6 Å². The van der Waals surface area contributed by atoms with Crippen molar-refractivity contribution in [1.29, 1.82) is 0 Å². The Morgan fingerprint density at radius 2 is 2.12 bits per heavy atom. The molecule has 0 saturated carbocycles. The van der Waals surface area contributed by atoms with Crippen molar-refractivity contribution < 1.29 is 13.9 Å². The molecule has 2 aliphatic rings. The van der Waals surface area contributed by atoms with Gasteiger partial charge in [0.25, 0.3) is 0 Å². The summed E-state index contributed by atoms with van der Waals surface area (Å²) in [6.45, 7) is -0.405. The SMILES string of the molecule is Cn1nc2ccc(-c3[nH]nc4nc(N5[C@@H]6CC[C@@H]5[C@@H](F)[C@@H](N)C6)c(CO)nc34)c(F)c2c1Cl. The van der Waals surface area contributed by atoms with E-state index in [2.05, 4.69) is 25.3 Å². The molecular weight excluding hydrogens is 454 g/mol. The fraction of sp³-hybridized carbons (Fsp3) is 0.429. The van der Waals surface area contributed by atoms with Crippen molar-refractivity contribution in [3.63, 3.8) is 0 Å². The number of aromatic nitrogens is 6. The van der Waals surface area contributed by atoms with Gasteiger partial charge in [0.15, 0.2) is 5.82 Å². The third-order valence-corrected chi connectivity index (χ3v) is 7.27. The number of aliphatic hydroxyl groups excluding tert-OH is 1. The minimum atomic E-state index is -1.19. The van der Waals surface area contributed by atoms with Gasteiger partial charge in [0.05, 0.1) is 29.2 Å². The predicted octanol–water partition coefficient (Wildman–Crippen LogP) is 2.60. The first kappa shape index (κ1) is 20.7. The van der Waals surface area contributed by atoms with Crippen molar-refractivity contribution in [3.8, 4) is 11.3 Å². The maximum Gasteiger partial charge on any atom is 0.202 e. The van der Waals surface area contributed by atoms with Crippen LogP contribution in [0.4, 0.5) is 14.6 Å². The molecule has 0 radical (unpaired) electrons. The van der Waals surface area contributed by atoms with E-state index >= 15 is 4.39 Å². The number of nitrogens with one attached hydrogen (secondary N) is 1. The topological polar surface area (TPSA) is 122 Å². The van der Waals surface area contributed by atoms with Gasteiger partial charge in [0.2, 0.25) is 5.65 Å². The number of hydrogen-bond acceptors (Lipinski definition) is 7. The zero-order chi connectivity index (χ0) is 23.0. The van der Waals surface area contributed by atoms with Crippen LogP contribution in [0.1, 0.15) is 25.0 Å². The molecule has 2 aliphatic heterocycles. The van der Waals surface area contributed by atoms with Gasteiger partial charge in [-0.15, -0.1) is 0 Å². The molecular formula is C21H21ClF2N8O. The summed E-state index contributed by atoms with van der Waals surface area (Å²) in [5.74, 6) is -0.160. The van der Waals surface area contributed by atoms with E-state index in [9.17, 15) is 9.50 Å². The summed E-state index contributed by atoms with van der Waals surface area (Å²) in [5, 5.41) is 21.7. The monoisotopic (exact) mass is 474 g/mol. The highest BCUT2D eigenvalue weighted by Crippen LogP contribution is 2.41. The lowest BCUT2D eigenvalue weighted by molar-refractivity contribution is 0.202. The van der Waals surface area contributed by atoms with Crippen LogP contribution in [-0.4, -0.2) is 59.3 Å². The van der Waals surface area contributed by atoms with Gasteiger partial charge in [-0.2, -0.15) is 10.2 Å². The molecule has 0 unspecified atom stereocenters. The van der Waals surface area contributed by atoms with Gasteiger partial charge in [-0.05, 0) is 31.4 Å². The number of piperidine rings is 1. The quantitative estimate of drug-likeness (QED) is 0.417. The number of aliphatic hydroxyl groups is 1. The minimum absolute atomic E-state index is 0.0278. The molecule has 3 aromatic heterocycles. The highest BCUT2D eigenvalue weighted by atomic mass is 35.5. The molecule has 4 N–H and O–H groups in total. The highest BCUT2D eigenvalue weighted by Gasteiger charge is 2.48. The first-order valence-electron chi connectivity index (χ1n) is 10.7. The Kier molecular flexibility index (Phi) is 4.58. The molecule has 2 fully saturated rings. The number of hydrogen-bond donors (Lipinski definition) is 3. The first-order chi connectivity index (χ1) is 15.9. The molecule has 4 aromatic rings. The minimum Gasteiger partial charge on any atom is -0.390 e. The number of rotatable bonds is 3. The van der Waals surface area contributed by atoms with Gasteiger partial charge in [0.1, 0.15) is 28.4 Å². The van der Waals surface area contributed by atoms with E-state index in [0.29, 0.717) is 35.4 Å². The number of nitrogens with two attached hydrogens (primary N) is 1. The lowest BCUT2D eigenvalue weighted by Gasteiger charge is -2.41. The third kappa shape index (κ3) is 2.89. The number of benzene rings is 1. The Balaban J connectivity index is 1.49. The van der Waals surface area contributed by atoms with Crippen LogP contribution in [0.15, 0.2) is 12.1 Å². The molecule has 1 aromatic carbocycles. The average molecular weight is 475 g/mol.